The summed E-state index contributed by atoms with van der Waals surface area (Å²) in [5.41, 5.74) is 12.2. The molecule has 0 spiro atoms. The van der Waals surface area contributed by atoms with Crippen LogP contribution in [0.3, 0.4) is 0 Å². The van der Waals surface area contributed by atoms with Crippen LogP contribution in [0.25, 0.3) is 77.2 Å². The number of aromatic nitrogens is 2. The Kier molecular flexibility index (Phi) is 14.4. The molecule has 0 amide bonds. The molecule has 0 fully saturated rings. The summed E-state index contributed by atoms with van der Waals surface area (Å²) in [6, 6.07) is 66.9. The Bertz CT molecular complexity index is 4640. The smallest absolute Gasteiger partial charge is 0.311 e. The molecule has 4 heterocycles. The highest BCUT2D eigenvalue weighted by Crippen LogP contribution is 2.58. The standard InChI is InChI=1S/C36H32NO3P.C34H28NO4P.CH4.HI/c1-23-33(41(38)32-17-11-8-13-27(32)26-12-7-10-16-30(26)40-41)22-31(39-5)35-34(23)28-14-6-9-15-29(28)37(35)25-20-18-24(19-21-25)36(2,3)4;1-34(2,3)21-16-18-22(19-17-21)35-26-13-7-4-12-25(26)31-32(35)27(36)20-30(33(31)37)40(38)29-15-9-6-11-24(29)23-10-5-8-14-28(23)39-40;;/h6-22H,1-5H3;4-20,36-37H,1-3H3;1H4;1H. The van der Waals surface area contributed by atoms with E-state index in [-0.39, 0.29) is 59.0 Å². The molecular weight excluding hydrogens is 1180 g/mol. The molecule has 2 unspecified atom stereocenters. The van der Waals surface area contributed by atoms with E-state index < -0.39 is 14.7 Å². The highest BCUT2D eigenvalue weighted by molar-refractivity contribution is 14.0. The van der Waals surface area contributed by atoms with Gasteiger partial charge in [-0.3, -0.25) is 9.13 Å². The first-order valence-corrected chi connectivity index (χ1v) is 30.4. The van der Waals surface area contributed by atoms with Gasteiger partial charge in [0.2, 0.25) is 0 Å². The first kappa shape index (κ1) is 56.8. The van der Waals surface area contributed by atoms with Gasteiger partial charge in [0.25, 0.3) is 0 Å². The Labute approximate surface area is 501 Å². The SMILES string of the molecule is C.CC(C)(C)c1ccc(-n2c3ccccc3c3c(O)c(P4(=O)Oc5ccccc5-c5ccccc54)cc(O)c32)cc1.COc1cc(P2(=O)Oc3ccccc3-c3ccccc32)c(C)c2c3ccccc3n(-c3ccc(C(C)(C)C)cc3)c12.I. The number of phenols is 2. The van der Waals surface area contributed by atoms with Crippen LogP contribution in [0.15, 0.2) is 206 Å². The van der Waals surface area contributed by atoms with Crippen molar-refractivity contribution in [3.05, 3.63) is 223 Å². The van der Waals surface area contributed by atoms with Crippen LogP contribution in [0, 0.1) is 6.92 Å². The van der Waals surface area contributed by atoms with Crippen molar-refractivity contribution >= 4 is 104 Å². The van der Waals surface area contributed by atoms with E-state index in [1.54, 1.807) is 19.2 Å². The number of nitrogens with zero attached hydrogens (tertiary/aromatic N) is 2. The summed E-state index contributed by atoms with van der Waals surface area (Å²) in [7, 11) is -5.69. The van der Waals surface area contributed by atoms with Crippen molar-refractivity contribution < 1.29 is 33.1 Å². The van der Waals surface area contributed by atoms with Gasteiger partial charge in [-0.05, 0) is 112 Å². The van der Waals surface area contributed by atoms with E-state index in [1.807, 2.05) is 132 Å². The van der Waals surface area contributed by atoms with Gasteiger partial charge in [0.15, 0.2) is 0 Å². The third-order valence-corrected chi connectivity index (χ3v) is 21.1. The molecule has 2 atom stereocenters. The average molecular weight is 1250 g/mol. The van der Waals surface area contributed by atoms with E-state index in [0.29, 0.717) is 44.1 Å². The molecule has 0 bridgehead atoms. The van der Waals surface area contributed by atoms with Crippen molar-refractivity contribution in [3.63, 3.8) is 0 Å². The second-order valence-electron chi connectivity index (χ2n) is 23.0. The maximum Gasteiger partial charge on any atom is 0.311 e. The molecule has 2 N–H and O–H groups in total. The predicted molar refractivity (Wildman–Crippen MR) is 354 cm³/mol. The lowest BCUT2D eigenvalue weighted by Crippen LogP contribution is -2.27. The zero-order chi connectivity index (χ0) is 56.3. The number of aromatic hydroxyl groups is 2. The van der Waals surface area contributed by atoms with Gasteiger partial charge in [-0.1, -0.05) is 182 Å². The number of fused-ring (bicyclic) bond motifs is 12. The van der Waals surface area contributed by atoms with Gasteiger partial charge in [0.05, 0.1) is 55.8 Å². The summed E-state index contributed by atoms with van der Waals surface area (Å²) in [5, 5.41) is 28.7. The Morgan fingerprint density at radius 2 is 0.855 bits per heavy atom. The van der Waals surface area contributed by atoms with Crippen molar-refractivity contribution in [1.82, 2.24) is 9.13 Å². The summed E-state index contributed by atoms with van der Waals surface area (Å²) in [4.78, 5) is 0. The number of para-hydroxylation sites is 4. The van der Waals surface area contributed by atoms with Crippen LogP contribution in [-0.4, -0.2) is 26.5 Å². The van der Waals surface area contributed by atoms with Gasteiger partial charge in [-0.15, -0.1) is 24.0 Å². The molecule has 418 valence electrons. The van der Waals surface area contributed by atoms with Gasteiger partial charge >= 0.3 is 14.7 Å². The molecule has 83 heavy (non-hydrogen) atoms. The summed E-state index contributed by atoms with van der Waals surface area (Å²) in [6.07, 6.45) is 0. The van der Waals surface area contributed by atoms with Crippen LogP contribution >= 0.6 is 38.7 Å². The molecule has 14 rings (SSSR count). The van der Waals surface area contributed by atoms with Crippen LogP contribution < -0.4 is 35.0 Å². The lowest BCUT2D eigenvalue weighted by molar-refractivity contribution is 0.418. The van der Waals surface area contributed by atoms with Crippen molar-refractivity contribution in [2.75, 3.05) is 7.11 Å². The first-order valence-electron chi connectivity index (χ1n) is 27.2. The fraction of sp³-hybridized carbons (Fsp3) is 0.155. The minimum absolute atomic E-state index is 0. The van der Waals surface area contributed by atoms with Crippen molar-refractivity contribution in [1.29, 1.82) is 0 Å². The van der Waals surface area contributed by atoms with Gasteiger partial charge in [-0.25, -0.2) is 0 Å². The van der Waals surface area contributed by atoms with Crippen molar-refractivity contribution in [3.8, 4) is 62.4 Å². The van der Waals surface area contributed by atoms with Crippen LogP contribution in [-0.2, 0) is 20.0 Å². The van der Waals surface area contributed by atoms with Crippen LogP contribution in [0.5, 0.6) is 28.7 Å². The quantitative estimate of drug-likeness (QED) is 0.100. The predicted octanol–water partition coefficient (Wildman–Crippen LogP) is 17.7. The summed E-state index contributed by atoms with van der Waals surface area (Å²) in [6.45, 7) is 15.2. The number of methoxy groups -OCH3 is 1. The number of benzene rings is 10. The van der Waals surface area contributed by atoms with Gasteiger partial charge in [-0.2, -0.15) is 0 Å². The van der Waals surface area contributed by atoms with E-state index in [9.17, 15) is 14.8 Å². The number of ether oxygens (including phenoxy) is 1. The van der Waals surface area contributed by atoms with Gasteiger partial charge < -0.3 is 33.1 Å². The minimum Gasteiger partial charge on any atom is -0.506 e. The van der Waals surface area contributed by atoms with Crippen LogP contribution in [0.4, 0.5) is 0 Å². The molecule has 0 saturated carbocycles. The van der Waals surface area contributed by atoms with Crippen LogP contribution in [0.1, 0.15) is 65.7 Å². The molecule has 2 aromatic heterocycles. The normalized spacial score (nSPS) is 16.0. The second kappa shape index (κ2) is 21.0. The molecule has 0 radical (unpaired) electrons. The topological polar surface area (TPSA) is 112 Å². The number of halogens is 1. The molecule has 12 aromatic rings. The van der Waals surface area contributed by atoms with Gasteiger partial charge in [0.1, 0.15) is 28.7 Å². The van der Waals surface area contributed by atoms with E-state index >= 15 is 4.57 Å². The zero-order valence-electron chi connectivity index (χ0n) is 46.8. The summed E-state index contributed by atoms with van der Waals surface area (Å²) >= 11 is 0. The fourth-order valence-electron chi connectivity index (χ4n) is 12.0. The Balaban J connectivity index is 0.000000170. The van der Waals surface area contributed by atoms with E-state index in [2.05, 4.69) is 114 Å². The zero-order valence-corrected chi connectivity index (χ0v) is 50.9. The first-order chi connectivity index (χ1) is 38.9. The highest BCUT2D eigenvalue weighted by atomic mass is 127. The average Bonchev–Trinajstić information content (AvgIpc) is 2.83. The van der Waals surface area contributed by atoms with Crippen molar-refractivity contribution in [2.24, 2.45) is 0 Å². The third kappa shape index (κ3) is 9.04. The molecule has 10 aromatic carbocycles. The molecule has 0 aliphatic carbocycles. The van der Waals surface area contributed by atoms with E-state index in [1.165, 1.54) is 17.2 Å². The summed E-state index contributed by atoms with van der Waals surface area (Å²) in [5.74, 6) is 1.52. The number of aryl methyl sites for hydroxylation is 1. The minimum atomic E-state index is -3.84. The molecule has 9 nitrogen and oxygen atoms in total. The highest BCUT2D eigenvalue weighted by Gasteiger charge is 2.43. The monoisotopic (exact) mass is 1250 g/mol. The largest absolute Gasteiger partial charge is 0.506 e. The Morgan fingerprint density at radius 1 is 0.458 bits per heavy atom. The third-order valence-electron chi connectivity index (χ3n) is 16.1. The second-order valence-corrected chi connectivity index (χ2v) is 27.5. The van der Waals surface area contributed by atoms with Crippen LogP contribution in [0.2, 0.25) is 0 Å². The Hall–Kier alpha value is -8.01. The summed E-state index contributed by atoms with van der Waals surface area (Å²) < 4.78 is 53.1. The lowest BCUT2D eigenvalue weighted by Gasteiger charge is -2.30. The molecular formula is C71H65IN2O7P2. The lowest BCUT2D eigenvalue weighted by atomic mass is 9.87. The fourth-order valence-corrected chi connectivity index (χ4v) is 16.9. The number of phenolic OH excluding ortho intramolecular Hbond substituents is 2. The number of rotatable bonds is 5. The van der Waals surface area contributed by atoms with Gasteiger partial charge in [0, 0.05) is 44.7 Å². The molecule has 2 aliphatic rings. The van der Waals surface area contributed by atoms with Crippen molar-refractivity contribution in [2.45, 2.75) is 66.7 Å². The molecule has 12 heteroatoms. The number of hydrogen-bond acceptors (Lipinski definition) is 7. The molecule has 2 aliphatic heterocycles. The maximum atomic E-state index is 15.2. The van der Waals surface area contributed by atoms with E-state index in [0.717, 1.165) is 71.9 Å². The number of hydrogen-bond donors (Lipinski definition) is 2. The molecule has 0 saturated heterocycles. The maximum absolute atomic E-state index is 15.2. The van der Waals surface area contributed by atoms with E-state index in [4.69, 9.17) is 13.8 Å². The Morgan fingerprint density at radius 3 is 1.33 bits per heavy atom.